The van der Waals surface area contributed by atoms with Gasteiger partial charge in [-0.05, 0) is 23.3 Å². The first-order valence-corrected chi connectivity index (χ1v) is 8.98. The molecule has 4 rings (SSSR count). The zero-order chi connectivity index (χ0) is 17.2. The van der Waals surface area contributed by atoms with E-state index in [-0.39, 0.29) is 5.69 Å². The van der Waals surface area contributed by atoms with Crippen LogP contribution in [0.1, 0.15) is 5.56 Å². The number of thioether (sulfide) groups is 1. The molecule has 1 N–H and O–H groups in total. The van der Waals surface area contributed by atoms with Crippen LogP contribution in [0.2, 0.25) is 5.02 Å². The summed E-state index contributed by atoms with van der Waals surface area (Å²) < 4.78 is 1.29. The number of halogens is 1. The summed E-state index contributed by atoms with van der Waals surface area (Å²) in [5, 5.41) is 5.41. The molecule has 2 heterocycles. The average Bonchev–Trinajstić information content (AvgIpc) is 3.06. The molecule has 0 aliphatic carbocycles. The van der Waals surface area contributed by atoms with Crippen molar-refractivity contribution in [2.24, 2.45) is 0 Å². The number of hydrogen-bond donors (Lipinski definition) is 1. The Morgan fingerprint density at radius 3 is 2.60 bits per heavy atom. The fraction of sp³-hybridized carbons (Fsp3) is 0.0556. The van der Waals surface area contributed by atoms with Crippen LogP contribution in [0.5, 0.6) is 0 Å². The van der Waals surface area contributed by atoms with E-state index < -0.39 is 0 Å². The molecule has 124 valence electrons. The SMILES string of the molecule is O=c1[nH]c(SCc2ccc(Cl)cc2)nc2c(-c3ccccc3)cnn12. The van der Waals surface area contributed by atoms with E-state index in [1.165, 1.54) is 16.3 Å². The number of nitrogens with one attached hydrogen (secondary N) is 1. The van der Waals surface area contributed by atoms with Crippen LogP contribution >= 0.6 is 23.4 Å². The highest BCUT2D eigenvalue weighted by Crippen LogP contribution is 2.24. The van der Waals surface area contributed by atoms with E-state index in [2.05, 4.69) is 15.1 Å². The molecule has 25 heavy (non-hydrogen) atoms. The fourth-order valence-corrected chi connectivity index (χ4v) is 3.42. The van der Waals surface area contributed by atoms with Crippen molar-refractivity contribution in [2.75, 3.05) is 0 Å². The first-order chi connectivity index (χ1) is 12.2. The molecule has 0 fully saturated rings. The van der Waals surface area contributed by atoms with E-state index >= 15 is 0 Å². The van der Waals surface area contributed by atoms with Crippen LogP contribution in [0.4, 0.5) is 0 Å². The van der Waals surface area contributed by atoms with Gasteiger partial charge in [0.2, 0.25) is 0 Å². The quantitative estimate of drug-likeness (QED) is 0.552. The topological polar surface area (TPSA) is 63.0 Å². The van der Waals surface area contributed by atoms with Crippen LogP contribution in [0.15, 0.2) is 70.7 Å². The van der Waals surface area contributed by atoms with E-state index in [1.807, 2.05) is 54.6 Å². The maximum atomic E-state index is 12.3. The van der Waals surface area contributed by atoms with Crippen molar-refractivity contribution in [1.82, 2.24) is 19.6 Å². The molecule has 5 nitrogen and oxygen atoms in total. The molecule has 0 amide bonds. The molecule has 0 spiro atoms. The summed E-state index contributed by atoms with van der Waals surface area (Å²) in [7, 11) is 0. The van der Waals surface area contributed by atoms with Gasteiger partial charge in [0, 0.05) is 16.3 Å². The van der Waals surface area contributed by atoms with Gasteiger partial charge in [-0.15, -0.1) is 0 Å². The van der Waals surface area contributed by atoms with Gasteiger partial charge in [-0.1, -0.05) is 65.8 Å². The lowest BCUT2D eigenvalue weighted by atomic mass is 10.1. The van der Waals surface area contributed by atoms with Crippen molar-refractivity contribution in [3.05, 3.63) is 81.9 Å². The smallest absolute Gasteiger partial charge is 0.285 e. The van der Waals surface area contributed by atoms with Crippen LogP contribution in [0.25, 0.3) is 16.8 Å². The normalized spacial score (nSPS) is 11.1. The predicted octanol–water partition coefficient (Wildman–Crippen LogP) is 4.03. The minimum absolute atomic E-state index is 0.300. The number of fused-ring (bicyclic) bond motifs is 1. The monoisotopic (exact) mass is 368 g/mol. The van der Waals surface area contributed by atoms with E-state index in [1.54, 1.807) is 6.20 Å². The van der Waals surface area contributed by atoms with Crippen LogP contribution in [0, 0.1) is 0 Å². The van der Waals surface area contributed by atoms with Gasteiger partial charge in [0.15, 0.2) is 10.8 Å². The highest BCUT2D eigenvalue weighted by atomic mass is 35.5. The number of aromatic nitrogens is 4. The Morgan fingerprint density at radius 2 is 1.84 bits per heavy atom. The van der Waals surface area contributed by atoms with Crippen LogP contribution in [0.3, 0.4) is 0 Å². The third-order valence-electron chi connectivity index (χ3n) is 3.73. The lowest BCUT2D eigenvalue weighted by molar-refractivity contribution is 0.786. The second kappa shape index (κ2) is 6.74. The summed E-state index contributed by atoms with van der Waals surface area (Å²) in [6.45, 7) is 0. The van der Waals surface area contributed by atoms with Crippen molar-refractivity contribution < 1.29 is 0 Å². The van der Waals surface area contributed by atoms with Gasteiger partial charge in [0.1, 0.15) is 0 Å². The summed E-state index contributed by atoms with van der Waals surface area (Å²) >= 11 is 7.37. The molecule has 0 atom stereocenters. The second-order valence-electron chi connectivity index (χ2n) is 5.42. The summed E-state index contributed by atoms with van der Waals surface area (Å²) in [4.78, 5) is 19.6. The van der Waals surface area contributed by atoms with E-state index in [0.717, 1.165) is 16.7 Å². The van der Waals surface area contributed by atoms with Crippen molar-refractivity contribution in [3.63, 3.8) is 0 Å². The Balaban J connectivity index is 1.68. The molecular formula is C18H13ClN4OS. The van der Waals surface area contributed by atoms with Crippen LogP contribution < -0.4 is 5.69 Å². The zero-order valence-electron chi connectivity index (χ0n) is 13.0. The summed E-state index contributed by atoms with van der Waals surface area (Å²) in [5.74, 6) is 0.686. The van der Waals surface area contributed by atoms with E-state index in [9.17, 15) is 4.79 Å². The number of nitrogens with zero attached hydrogens (tertiary/aromatic N) is 3. The Kier molecular flexibility index (Phi) is 4.29. The molecule has 0 aliphatic rings. The number of H-pyrrole nitrogens is 1. The number of aromatic amines is 1. The summed E-state index contributed by atoms with van der Waals surface area (Å²) in [5.41, 5.74) is 3.16. The van der Waals surface area contributed by atoms with Crippen molar-refractivity contribution in [1.29, 1.82) is 0 Å². The standard InChI is InChI=1S/C18H13ClN4OS/c19-14-8-6-12(7-9-14)11-25-17-21-16-15(13-4-2-1-3-5-13)10-20-23(16)18(24)22-17/h1-10H,11H2,(H,21,22,24). The van der Waals surface area contributed by atoms with Gasteiger partial charge in [-0.25, -0.2) is 9.78 Å². The van der Waals surface area contributed by atoms with Gasteiger partial charge in [-0.3, -0.25) is 4.98 Å². The molecule has 2 aromatic heterocycles. The third kappa shape index (κ3) is 3.31. The minimum Gasteiger partial charge on any atom is -0.285 e. The highest BCUT2D eigenvalue weighted by Gasteiger charge is 2.12. The minimum atomic E-state index is -0.300. The molecule has 7 heteroatoms. The zero-order valence-corrected chi connectivity index (χ0v) is 14.6. The number of hydrogen-bond acceptors (Lipinski definition) is 4. The Hall–Kier alpha value is -2.57. The van der Waals surface area contributed by atoms with E-state index in [0.29, 0.717) is 21.6 Å². The van der Waals surface area contributed by atoms with Gasteiger partial charge in [-0.2, -0.15) is 9.61 Å². The Bertz CT molecular complexity index is 1070. The van der Waals surface area contributed by atoms with E-state index in [4.69, 9.17) is 11.6 Å². The van der Waals surface area contributed by atoms with Gasteiger partial charge < -0.3 is 0 Å². The lowest BCUT2D eigenvalue weighted by Gasteiger charge is -2.03. The fourth-order valence-electron chi connectivity index (χ4n) is 2.49. The van der Waals surface area contributed by atoms with Gasteiger partial charge in [0.05, 0.1) is 6.20 Å². The molecule has 0 unspecified atom stereocenters. The maximum absolute atomic E-state index is 12.3. The van der Waals surface area contributed by atoms with Crippen molar-refractivity contribution >= 4 is 29.0 Å². The van der Waals surface area contributed by atoms with Crippen LogP contribution in [-0.4, -0.2) is 19.6 Å². The summed E-state index contributed by atoms with van der Waals surface area (Å²) in [6.07, 6.45) is 1.67. The number of benzene rings is 2. The first-order valence-electron chi connectivity index (χ1n) is 7.61. The van der Waals surface area contributed by atoms with Gasteiger partial charge in [0.25, 0.3) is 0 Å². The molecule has 4 aromatic rings. The molecule has 0 radical (unpaired) electrons. The molecule has 0 bridgehead atoms. The third-order valence-corrected chi connectivity index (χ3v) is 4.93. The molecule has 0 aliphatic heterocycles. The average molecular weight is 369 g/mol. The second-order valence-corrected chi connectivity index (χ2v) is 6.82. The van der Waals surface area contributed by atoms with Crippen LogP contribution in [-0.2, 0) is 5.75 Å². The highest BCUT2D eigenvalue weighted by molar-refractivity contribution is 7.98. The predicted molar refractivity (Wildman–Crippen MR) is 100 cm³/mol. The largest absolute Gasteiger partial charge is 0.350 e. The molecular weight excluding hydrogens is 356 g/mol. The maximum Gasteiger partial charge on any atom is 0.350 e. The lowest BCUT2D eigenvalue weighted by Crippen LogP contribution is -2.19. The Labute approximate surface area is 152 Å². The molecule has 2 aromatic carbocycles. The van der Waals surface area contributed by atoms with Crippen molar-refractivity contribution in [3.8, 4) is 11.1 Å². The molecule has 0 saturated carbocycles. The summed E-state index contributed by atoms with van der Waals surface area (Å²) in [6, 6.07) is 17.4. The Morgan fingerprint density at radius 1 is 1.08 bits per heavy atom. The van der Waals surface area contributed by atoms with Gasteiger partial charge >= 0.3 is 5.69 Å². The first kappa shape index (κ1) is 15.9. The van der Waals surface area contributed by atoms with Crippen molar-refractivity contribution in [2.45, 2.75) is 10.9 Å². The number of rotatable bonds is 4. The molecule has 0 saturated heterocycles.